The van der Waals surface area contributed by atoms with Crippen LogP contribution in [0.1, 0.15) is 29.7 Å². The zero-order valence-corrected chi connectivity index (χ0v) is 26.5. The zero-order chi connectivity index (χ0) is 30.8. The maximum Gasteiger partial charge on any atom is 0.318 e. The number of aromatic nitrogens is 2. The van der Waals surface area contributed by atoms with Crippen molar-refractivity contribution in [3.05, 3.63) is 76.6 Å². The average molecular weight is 616 g/mol. The van der Waals surface area contributed by atoms with E-state index < -0.39 is 16.1 Å². The van der Waals surface area contributed by atoms with Gasteiger partial charge in [-0.25, -0.2) is 15.0 Å². The number of piperazine rings is 1. The maximum atomic E-state index is 12.7. The average Bonchev–Trinajstić information content (AvgIpc) is 3.84. The van der Waals surface area contributed by atoms with E-state index in [1.807, 2.05) is 0 Å². The van der Waals surface area contributed by atoms with Gasteiger partial charge in [0.2, 0.25) is 16.6 Å². The first-order chi connectivity index (χ1) is 21.3. The summed E-state index contributed by atoms with van der Waals surface area (Å²) >= 11 is 0. The SMILES string of the molecule is [C-]#[N+]C[C@H]1CN(c2nc(OCCN(C)CC3CC3)nc3c2CCN(c2cccc4cccc(C)c24)C3)CCN1S(=O)(=O)C=C. The molecule has 2 fully saturated rings. The Hall–Kier alpha value is -3.72. The van der Waals surface area contributed by atoms with Gasteiger partial charge in [-0.15, -0.1) is 0 Å². The molecule has 3 aliphatic rings. The minimum atomic E-state index is -3.65. The molecule has 3 aromatic rings. The molecule has 0 radical (unpaired) electrons. The standard InChI is InChI=1S/C33H41N7O3S/c1-5-44(41,42)40-17-16-39(22-27(40)20-34-3)32-28-14-15-38(30-11-7-10-26-9-6-8-24(2)31(26)30)23-29(28)35-33(36-32)43-19-18-37(4)21-25-12-13-25/h5-11,25,27H,1,12-23H2,2,4H3/t27-/m0/s1. The lowest BCUT2D eigenvalue weighted by Gasteiger charge is -2.40. The summed E-state index contributed by atoms with van der Waals surface area (Å²) in [5, 5.41) is 3.45. The van der Waals surface area contributed by atoms with E-state index in [2.05, 4.69) is 76.5 Å². The second-order valence-corrected chi connectivity index (χ2v) is 14.0. The Bertz CT molecular complexity index is 1680. The van der Waals surface area contributed by atoms with Crippen LogP contribution in [0.15, 0.2) is 48.4 Å². The molecule has 1 aliphatic carbocycles. The fourth-order valence-electron chi connectivity index (χ4n) is 6.53. The maximum absolute atomic E-state index is 12.7. The van der Waals surface area contributed by atoms with Crippen LogP contribution >= 0.6 is 0 Å². The van der Waals surface area contributed by atoms with E-state index in [1.165, 1.54) is 39.2 Å². The van der Waals surface area contributed by atoms with Gasteiger partial charge in [0.1, 0.15) is 18.5 Å². The van der Waals surface area contributed by atoms with E-state index in [4.69, 9.17) is 21.3 Å². The van der Waals surface area contributed by atoms with E-state index in [1.54, 1.807) is 0 Å². The molecular formula is C33H41N7O3S. The number of sulfonamides is 1. The van der Waals surface area contributed by atoms with Crippen molar-refractivity contribution in [3.63, 3.8) is 0 Å². The Kier molecular flexibility index (Phi) is 8.76. The van der Waals surface area contributed by atoms with E-state index in [9.17, 15) is 8.42 Å². The van der Waals surface area contributed by atoms with E-state index in [0.717, 1.165) is 54.5 Å². The summed E-state index contributed by atoms with van der Waals surface area (Å²) in [6.07, 6.45) is 3.37. The number of rotatable bonds is 11. The van der Waals surface area contributed by atoms with Gasteiger partial charge in [-0.05, 0) is 56.2 Å². The van der Waals surface area contributed by atoms with Crippen LogP contribution in [0.3, 0.4) is 0 Å². The topological polar surface area (TPSA) is 86.5 Å². The number of hydrogen-bond acceptors (Lipinski definition) is 8. The summed E-state index contributed by atoms with van der Waals surface area (Å²) in [7, 11) is -1.53. The predicted octanol–water partition coefficient (Wildman–Crippen LogP) is 4.10. The first-order valence-electron chi connectivity index (χ1n) is 15.4. The Labute approximate surface area is 260 Å². The van der Waals surface area contributed by atoms with E-state index in [-0.39, 0.29) is 13.1 Å². The molecule has 2 aliphatic heterocycles. The molecule has 232 valence electrons. The van der Waals surface area contributed by atoms with E-state index in [0.29, 0.717) is 32.3 Å². The summed E-state index contributed by atoms with van der Waals surface area (Å²) < 4.78 is 33.1. The van der Waals surface area contributed by atoms with Crippen LogP contribution in [0.25, 0.3) is 15.6 Å². The van der Waals surface area contributed by atoms with Crippen molar-refractivity contribution in [1.29, 1.82) is 0 Å². The Morgan fingerprint density at radius 1 is 1.14 bits per heavy atom. The first-order valence-corrected chi connectivity index (χ1v) is 16.9. The summed E-state index contributed by atoms with van der Waals surface area (Å²) in [6, 6.07) is 12.7. The Morgan fingerprint density at radius 3 is 2.68 bits per heavy atom. The number of aryl methyl sites for hydroxylation is 1. The molecule has 1 saturated heterocycles. The summed E-state index contributed by atoms with van der Waals surface area (Å²) in [5.74, 6) is 1.60. The summed E-state index contributed by atoms with van der Waals surface area (Å²) in [6.45, 7) is 18.1. The number of nitrogens with zero attached hydrogens (tertiary/aromatic N) is 7. The fraction of sp³-hybridized carbons (Fsp3) is 0.485. The molecule has 0 bridgehead atoms. The van der Waals surface area contributed by atoms with Crippen LogP contribution in [-0.2, 0) is 23.0 Å². The summed E-state index contributed by atoms with van der Waals surface area (Å²) in [4.78, 5) is 20.3. The summed E-state index contributed by atoms with van der Waals surface area (Å²) in [5.41, 5.74) is 4.43. The van der Waals surface area contributed by atoms with Crippen molar-refractivity contribution in [1.82, 2.24) is 19.2 Å². The molecule has 11 heteroatoms. The van der Waals surface area contributed by atoms with Gasteiger partial charge in [0.05, 0.1) is 12.2 Å². The molecule has 6 rings (SSSR count). The van der Waals surface area contributed by atoms with Crippen molar-refractivity contribution >= 4 is 32.3 Å². The number of ether oxygens (including phenoxy) is 1. The molecule has 44 heavy (non-hydrogen) atoms. The van der Waals surface area contributed by atoms with Gasteiger partial charge in [0.15, 0.2) is 0 Å². The molecule has 2 aromatic carbocycles. The molecule has 1 atom stereocenters. The highest BCUT2D eigenvalue weighted by molar-refractivity contribution is 7.92. The number of benzene rings is 2. The highest BCUT2D eigenvalue weighted by Gasteiger charge is 2.38. The Morgan fingerprint density at radius 2 is 1.93 bits per heavy atom. The van der Waals surface area contributed by atoms with Gasteiger partial charge in [-0.3, -0.25) is 0 Å². The first kappa shape index (κ1) is 30.3. The third kappa shape index (κ3) is 6.39. The minimum Gasteiger partial charge on any atom is -0.462 e. The molecular weight excluding hydrogens is 574 g/mol. The number of fused-ring (bicyclic) bond motifs is 2. The van der Waals surface area contributed by atoms with Gasteiger partial charge in [0, 0.05) is 61.3 Å². The molecule has 0 unspecified atom stereocenters. The fourth-order valence-corrected chi connectivity index (χ4v) is 7.61. The molecule has 0 N–H and O–H groups in total. The van der Waals surface area contributed by atoms with Crippen molar-refractivity contribution in [2.75, 3.05) is 69.3 Å². The van der Waals surface area contributed by atoms with Crippen molar-refractivity contribution in [2.24, 2.45) is 5.92 Å². The largest absolute Gasteiger partial charge is 0.462 e. The lowest BCUT2D eigenvalue weighted by molar-refractivity contribution is 0.220. The normalized spacial score (nSPS) is 19.2. The second kappa shape index (κ2) is 12.7. The molecule has 0 spiro atoms. The van der Waals surface area contributed by atoms with Gasteiger partial charge < -0.3 is 24.3 Å². The Balaban J connectivity index is 1.31. The van der Waals surface area contributed by atoms with Crippen LogP contribution in [-0.4, -0.2) is 93.1 Å². The minimum absolute atomic E-state index is 0.0712. The van der Waals surface area contributed by atoms with Crippen LogP contribution in [0.2, 0.25) is 0 Å². The second-order valence-electron chi connectivity index (χ2n) is 12.2. The molecule has 10 nitrogen and oxygen atoms in total. The highest BCUT2D eigenvalue weighted by Crippen LogP contribution is 2.36. The van der Waals surface area contributed by atoms with Gasteiger partial charge >= 0.3 is 6.01 Å². The third-order valence-corrected chi connectivity index (χ3v) is 10.5. The van der Waals surface area contributed by atoms with Gasteiger partial charge in [-0.2, -0.15) is 14.3 Å². The molecule has 1 aromatic heterocycles. The lowest BCUT2D eigenvalue weighted by atomic mass is 9.99. The lowest BCUT2D eigenvalue weighted by Crippen LogP contribution is -2.56. The molecule has 3 heterocycles. The van der Waals surface area contributed by atoms with Crippen molar-refractivity contribution in [2.45, 2.75) is 38.8 Å². The van der Waals surface area contributed by atoms with Crippen LogP contribution < -0.4 is 14.5 Å². The quantitative estimate of drug-likeness (QED) is 0.298. The molecule has 0 amide bonds. The van der Waals surface area contributed by atoms with Crippen molar-refractivity contribution in [3.8, 4) is 6.01 Å². The van der Waals surface area contributed by atoms with Crippen LogP contribution in [0, 0.1) is 19.4 Å². The number of likely N-dealkylation sites (N-methyl/N-ethyl adjacent to an activating group) is 1. The van der Waals surface area contributed by atoms with E-state index >= 15 is 0 Å². The van der Waals surface area contributed by atoms with Crippen LogP contribution in [0.5, 0.6) is 6.01 Å². The smallest absolute Gasteiger partial charge is 0.318 e. The zero-order valence-electron chi connectivity index (χ0n) is 25.7. The van der Waals surface area contributed by atoms with Gasteiger partial charge in [0.25, 0.3) is 0 Å². The van der Waals surface area contributed by atoms with Crippen LogP contribution in [0.4, 0.5) is 11.5 Å². The predicted molar refractivity (Wildman–Crippen MR) is 174 cm³/mol. The highest BCUT2D eigenvalue weighted by atomic mass is 32.2. The van der Waals surface area contributed by atoms with Crippen molar-refractivity contribution < 1.29 is 13.2 Å². The van der Waals surface area contributed by atoms with Gasteiger partial charge in [-0.1, -0.05) is 36.9 Å². The monoisotopic (exact) mass is 615 g/mol. The third-order valence-electron chi connectivity index (χ3n) is 8.99. The number of anilines is 2. The molecule has 1 saturated carbocycles. The number of hydrogen-bond donors (Lipinski definition) is 0.